The summed E-state index contributed by atoms with van der Waals surface area (Å²) in [5, 5.41) is 0. The minimum atomic E-state index is 0.195. The summed E-state index contributed by atoms with van der Waals surface area (Å²) in [4.78, 5) is 24.0. The Morgan fingerprint density at radius 2 is 1.74 bits per heavy atom. The van der Waals surface area contributed by atoms with Gasteiger partial charge in [-0.05, 0) is 91.5 Å². The number of carbonyl (C=O) groups is 1. The molecule has 3 aromatic rings. The number of fused-ring (bicyclic) bond motifs is 2. The van der Waals surface area contributed by atoms with E-state index in [0.717, 1.165) is 50.1 Å². The van der Waals surface area contributed by atoms with Crippen molar-refractivity contribution in [2.75, 3.05) is 20.2 Å². The first-order chi connectivity index (χ1) is 16.5. The standard InChI is InChI=1S/C29H33N3O2/c1-19-14-23-4-5-24-15-20(2)18-31-29(24)28(27(23)25(16-19)34-3)22-8-12-32(13-9-22)26(33)17-21-6-10-30-11-7-21/h6-7,10-11,14-16,18,22,28H,4-5,8-9,12-13,17H2,1-3H3. The molecule has 2 aliphatic rings. The zero-order valence-electron chi connectivity index (χ0n) is 20.4. The summed E-state index contributed by atoms with van der Waals surface area (Å²) in [6.45, 7) is 5.84. The number of aromatic nitrogens is 2. The van der Waals surface area contributed by atoms with Crippen LogP contribution in [0.5, 0.6) is 5.75 Å². The Balaban J connectivity index is 1.44. The van der Waals surface area contributed by atoms with E-state index in [4.69, 9.17) is 9.72 Å². The molecule has 34 heavy (non-hydrogen) atoms. The molecule has 1 aromatic carbocycles. The molecule has 5 nitrogen and oxygen atoms in total. The molecule has 1 aliphatic heterocycles. The number of likely N-dealkylation sites (tertiary alicyclic amines) is 1. The van der Waals surface area contributed by atoms with Crippen LogP contribution in [-0.4, -0.2) is 41.0 Å². The van der Waals surface area contributed by atoms with Gasteiger partial charge in [-0.1, -0.05) is 12.1 Å². The second-order valence-corrected chi connectivity index (χ2v) is 9.83. The molecule has 0 bridgehead atoms. The lowest BCUT2D eigenvalue weighted by Crippen LogP contribution is -2.40. The van der Waals surface area contributed by atoms with E-state index in [9.17, 15) is 4.79 Å². The molecule has 5 rings (SSSR count). The Bertz CT molecular complexity index is 1180. The summed E-state index contributed by atoms with van der Waals surface area (Å²) in [6, 6.07) is 10.7. The van der Waals surface area contributed by atoms with Crippen LogP contribution in [0.25, 0.3) is 0 Å². The van der Waals surface area contributed by atoms with Crippen molar-refractivity contribution in [3.63, 3.8) is 0 Å². The van der Waals surface area contributed by atoms with Crippen LogP contribution in [0.1, 0.15) is 57.8 Å². The Labute approximate surface area is 202 Å². The molecular weight excluding hydrogens is 422 g/mol. The van der Waals surface area contributed by atoms with Gasteiger partial charge in [0.15, 0.2) is 0 Å². The first kappa shape index (κ1) is 22.6. The molecule has 1 saturated heterocycles. The third-order valence-corrected chi connectivity index (χ3v) is 7.47. The van der Waals surface area contributed by atoms with Crippen molar-refractivity contribution in [3.8, 4) is 5.75 Å². The number of piperidine rings is 1. The van der Waals surface area contributed by atoms with E-state index >= 15 is 0 Å². The molecule has 1 atom stereocenters. The quantitative estimate of drug-likeness (QED) is 0.566. The van der Waals surface area contributed by atoms with Gasteiger partial charge in [-0.15, -0.1) is 0 Å². The maximum Gasteiger partial charge on any atom is 0.226 e. The minimum absolute atomic E-state index is 0.195. The summed E-state index contributed by atoms with van der Waals surface area (Å²) in [5.74, 6) is 1.80. The van der Waals surface area contributed by atoms with Crippen LogP contribution in [0.4, 0.5) is 0 Å². The van der Waals surface area contributed by atoms with Crippen LogP contribution in [0.3, 0.4) is 0 Å². The predicted molar refractivity (Wildman–Crippen MR) is 133 cm³/mol. The van der Waals surface area contributed by atoms with Crippen molar-refractivity contribution in [2.24, 2.45) is 5.92 Å². The van der Waals surface area contributed by atoms with Crippen LogP contribution in [0, 0.1) is 19.8 Å². The van der Waals surface area contributed by atoms with E-state index in [-0.39, 0.29) is 11.8 Å². The fraction of sp³-hybridized carbons (Fsp3) is 0.414. The average molecular weight is 456 g/mol. The van der Waals surface area contributed by atoms with Gasteiger partial charge >= 0.3 is 0 Å². The second kappa shape index (κ2) is 9.57. The summed E-state index contributed by atoms with van der Waals surface area (Å²) in [7, 11) is 1.78. The molecular formula is C29H33N3O2. The fourth-order valence-electron chi connectivity index (χ4n) is 5.82. The Morgan fingerprint density at radius 1 is 1.03 bits per heavy atom. The molecule has 176 valence electrons. The first-order valence-corrected chi connectivity index (χ1v) is 12.3. The number of pyridine rings is 2. The van der Waals surface area contributed by atoms with Crippen molar-refractivity contribution in [1.29, 1.82) is 0 Å². The summed E-state index contributed by atoms with van der Waals surface area (Å²) >= 11 is 0. The first-order valence-electron chi connectivity index (χ1n) is 12.3. The molecule has 1 aliphatic carbocycles. The molecule has 5 heteroatoms. The zero-order valence-corrected chi connectivity index (χ0v) is 20.4. The molecule has 0 radical (unpaired) electrons. The maximum absolute atomic E-state index is 13.0. The largest absolute Gasteiger partial charge is 0.496 e. The number of rotatable bonds is 4. The highest BCUT2D eigenvalue weighted by Gasteiger charge is 2.36. The monoisotopic (exact) mass is 455 g/mol. The van der Waals surface area contributed by atoms with E-state index in [1.165, 1.54) is 33.5 Å². The summed E-state index contributed by atoms with van der Waals surface area (Å²) in [6.07, 6.45) is 9.89. The number of nitrogens with zero attached hydrogens (tertiary/aromatic N) is 3. The lowest BCUT2D eigenvalue weighted by Gasteiger charge is -2.37. The van der Waals surface area contributed by atoms with Gasteiger partial charge in [0.05, 0.1) is 19.2 Å². The Morgan fingerprint density at radius 3 is 2.47 bits per heavy atom. The highest BCUT2D eigenvalue weighted by atomic mass is 16.5. The molecule has 0 saturated carbocycles. The lowest BCUT2D eigenvalue weighted by molar-refractivity contribution is -0.131. The summed E-state index contributed by atoms with van der Waals surface area (Å²) < 4.78 is 5.94. The highest BCUT2D eigenvalue weighted by Crippen LogP contribution is 2.46. The minimum Gasteiger partial charge on any atom is -0.496 e. The maximum atomic E-state index is 13.0. The van der Waals surface area contributed by atoms with Crippen molar-refractivity contribution < 1.29 is 9.53 Å². The number of benzene rings is 1. The average Bonchev–Trinajstić information content (AvgIpc) is 3.01. The van der Waals surface area contributed by atoms with Gasteiger partial charge in [0.2, 0.25) is 5.91 Å². The number of hydrogen-bond donors (Lipinski definition) is 0. The van der Waals surface area contributed by atoms with E-state index < -0.39 is 0 Å². The van der Waals surface area contributed by atoms with Crippen LogP contribution >= 0.6 is 0 Å². The van der Waals surface area contributed by atoms with Gasteiger partial charge in [0, 0.05) is 43.2 Å². The Hall–Kier alpha value is -3.21. The number of amides is 1. The lowest BCUT2D eigenvalue weighted by atomic mass is 9.75. The topological polar surface area (TPSA) is 55.3 Å². The fourth-order valence-corrected chi connectivity index (χ4v) is 5.82. The molecule has 1 amide bonds. The number of ether oxygens (including phenoxy) is 1. The normalized spacial score (nSPS) is 18.1. The van der Waals surface area contributed by atoms with Crippen LogP contribution in [-0.2, 0) is 24.1 Å². The highest BCUT2D eigenvalue weighted by molar-refractivity contribution is 5.78. The van der Waals surface area contributed by atoms with Gasteiger partial charge in [-0.25, -0.2) is 0 Å². The van der Waals surface area contributed by atoms with Gasteiger partial charge in [-0.2, -0.15) is 0 Å². The number of aryl methyl sites for hydroxylation is 4. The van der Waals surface area contributed by atoms with Crippen molar-refractivity contribution >= 4 is 5.91 Å². The molecule has 0 N–H and O–H groups in total. The zero-order chi connectivity index (χ0) is 23.7. The summed E-state index contributed by atoms with van der Waals surface area (Å²) in [5.41, 5.74) is 8.72. The molecule has 1 fully saturated rings. The van der Waals surface area contributed by atoms with Gasteiger partial charge in [0.25, 0.3) is 0 Å². The second-order valence-electron chi connectivity index (χ2n) is 9.83. The van der Waals surface area contributed by atoms with E-state index in [0.29, 0.717) is 12.3 Å². The third-order valence-electron chi connectivity index (χ3n) is 7.47. The van der Waals surface area contributed by atoms with Crippen LogP contribution in [0.15, 0.2) is 48.9 Å². The van der Waals surface area contributed by atoms with Crippen LogP contribution < -0.4 is 4.74 Å². The predicted octanol–water partition coefficient (Wildman–Crippen LogP) is 4.81. The van der Waals surface area contributed by atoms with Crippen molar-refractivity contribution in [2.45, 2.75) is 51.9 Å². The van der Waals surface area contributed by atoms with Crippen molar-refractivity contribution in [1.82, 2.24) is 14.9 Å². The van der Waals surface area contributed by atoms with E-state index in [1.54, 1.807) is 19.5 Å². The van der Waals surface area contributed by atoms with E-state index in [2.05, 4.69) is 37.0 Å². The van der Waals surface area contributed by atoms with Crippen LogP contribution in [0.2, 0.25) is 0 Å². The molecule has 1 unspecified atom stereocenters. The van der Waals surface area contributed by atoms with Crippen molar-refractivity contribution in [3.05, 3.63) is 88.0 Å². The number of carbonyl (C=O) groups excluding carboxylic acids is 1. The van der Waals surface area contributed by atoms with E-state index in [1.807, 2.05) is 23.2 Å². The molecule has 2 aromatic heterocycles. The Kier molecular flexibility index (Phi) is 6.36. The molecule has 3 heterocycles. The SMILES string of the molecule is COc1cc(C)cc2c1C(C1CCN(C(=O)Cc3ccncc3)CC1)c1ncc(C)cc1CC2. The smallest absolute Gasteiger partial charge is 0.226 e. The van der Waals surface area contributed by atoms with Gasteiger partial charge < -0.3 is 9.64 Å². The molecule has 0 spiro atoms. The van der Waals surface area contributed by atoms with Gasteiger partial charge in [-0.3, -0.25) is 14.8 Å². The number of methoxy groups -OCH3 is 1. The number of hydrogen-bond acceptors (Lipinski definition) is 4. The van der Waals surface area contributed by atoms with Gasteiger partial charge in [0.1, 0.15) is 5.75 Å². The third kappa shape index (κ3) is 4.44.